The first-order chi connectivity index (χ1) is 7.90. The maximum atomic E-state index is 12.2. The molecule has 0 aromatic carbocycles. The van der Waals surface area contributed by atoms with Gasteiger partial charge in [-0.15, -0.1) is 11.3 Å². The van der Waals surface area contributed by atoms with Gasteiger partial charge in [0.15, 0.2) is 5.78 Å². The molecule has 94 valence electrons. The lowest BCUT2D eigenvalue weighted by Crippen LogP contribution is -2.41. The number of nitrogens with zero attached hydrogens (tertiary/aromatic N) is 1. The first kappa shape index (κ1) is 13.7. The number of carbonyl (C=O) groups excluding carboxylic acids is 1. The molecular weight excluding hydrogens is 366 g/mol. The Morgan fingerprint density at radius 3 is 2.71 bits per heavy atom. The molecule has 5 heteroatoms. The molecule has 2 heterocycles. The van der Waals surface area contributed by atoms with E-state index in [1.165, 1.54) is 12.8 Å². The molecule has 2 nitrogen and oxygen atoms in total. The highest BCUT2D eigenvalue weighted by Crippen LogP contribution is 2.33. The normalized spacial score (nSPS) is 19.8. The molecule has 17 heavy (non-hydrogen) atoms. The molecule has 0 aliphatic carbocycles. The third-order valence-corrected chi connectivity index (χ3v) is 5.70. The van der Waals surface area contributed by atoms with E-state index in [-0.39, 0.29) is 11.3 Å². The fraction of sp³-hybridized carbons (Fsp3) is 0.583. The minimum Gasteiger partial charge on any atom is -0.293 e. The quantitative estimate of drug-likeness (QED) is 0.727. The third-order valence-electron chi connectivity index (χ3n) is 3.36. The first-order valence-electron chi connectivity index (χ1n) is 5.63. The van der Waals surface area contributed by atoms with E-state index < -0.39 is 0 Å². The molecule has 0 atom stereocenters. The fourth-order valence-corrected chi connectivity index (χ4v) is 5.10. The van der Waals surface area contributed by atoms with Crippen molar-refractivity contribution in [1.29, 1.82) is 0 Å². The van der Waals surface area contributed by atoms with Crippen molar-refractivity contribution in [3.05, 3.63) is 19.2 Å². The smallest absolute Gasteiger partial charge is 0.178 e. The summed E-state index contributed by atoms with van der Waals surface area (Å²) in [7, 11) is 0. The molecule has 1 saturated heterocycles. The molecular formula is C12H15Br2NOS. The van der Waals surface area contributed by atoms with Gasteiger partial charge >= 0.3 is 0 Å². The SMILES string of the molecule is CC1(C)CCCN1CC(=O)c1cc(Br)sc1Br. The minimum absolute atomic E-state index is 0.162. The van der Waals surface area contributed by atoms with E-state index in [2.05, 4.69) is 50.6 Å². The number of hydrogen-bond donors (Lipinski definition) is 0. The Morgan fingerprint density at radius 2 is 2.24 bits per heavy atom. The molecule has 0 amide bonds. The van der Waals surface area contributed by atoms with Crippen LogP contribution in [-0.2, 0) is 0 Å². The Morgan fingerprint density at radius 1 is 1.53 bits per heavy atom. The van der Waals surface area contributed by atoms with Crippen molar-refractivity contribution in [1.82, 2.24) is 4.90 Å². The lowest BCUT2D eigenvalue weighted by molar-refractivity contribution is 0.0871. The van der Waals surface area contributed by atoms with Crippen LogP contribution in [0.15, 0.2) is 13.6 Å². The van der Waals surface area contributed by atoms with Crippen molar-refractivity contribution < 1.29 is 4.79 Å². The molecule has 0 saturated carbocycles. The van der Waals surface area contributed by atoms with Crippen LogP contribution in [0.2, 0.25) is 0 Å². The van der Waals surface area contributed by atoms with E-state index in [0.29, 0.717) is 6.54 Å². The fourth-order valence-electron chi connectivity index (χ4n) is 2.25. The predicted molar refractivity (Wildman–Crippen MR) is 78.9 cm³/mol. The lowest BCUT2D eigenvalue weighted by Gasteiger charge is -2.30. The van der Waals surface area contributed by atoms with Crippen molar-refractivity contribution in [2.75, 3.05) is 13.1 Å². The van der Waals surface area contributed by atoms with E-state index in [0.717, 1.165) is 19.7 Å². The first-order valence-corrected chi connectivity index (χ1v) is 8.03. The van der Waals surface area contributed by atoms with Gasteiger partial charge in [0.2, 0.25) is 0 Å². The number of thiophene rings is 1. The summed E-state index contributed by atoms with van der Waals surface area (Å²) < 4.78 is 1.92. The lowest BCUT2D eigenvalue weighted by atomic mass is 10.0. The summed E-state index contributed by atoms with van der Waals surface area (Å²) in [4.78, 5) is 14.5. The van der Waals surface area contributed by atoms with Gasteiger partial charge in [-0.1, -0.05) is 0 Å². The second-order valence-electron chi connectivity index (χ2n) is 5.00. The van der Waals surface area contributed by atoms with Gasteiger partial charge in [0.05, 0.1) is 14.1 Å². The monoisotopic (exact) mass is 379 g/mol. The summed E-state index contributed by atoms with van der Waals surface area (Å²) in [6, 6.07) is 1.90. The topological polar surface area (TPSA) is 20.3 Å². The zero-order valence-corrected chi connectivity index (χ0v) is 13.9. The Balaban J connectivity index is 2.10. The molecule has 0 bridgehead atoms. The van der Waals surface area contributed by atoms with Gasteiger partial charge in [-0.05, 0) is 71.2 Å². The van der Waals surface area contributed by atoms with Gasteiger partial charge < -0.3 is 0 Å². The highest BCUT2D eigenvalue weighted by molar-refractivity contribution is 9.12. The van der Waals surface area contributed by atoms with Crippen LogP contribution in [0.3, 0.4) is 0 Å². The number of carbonyl (C=O) groups is 1. The second-order valence-corrected chi connectivity index (χ2v) is 8.75. The molecule has 1 fully saturated rings. The summed E-state index contributed by atoms with van der Waals surface area (Å²) in [6.07, 6.45) is 2.36. The molecule has 1 aliphatic rings. The van der Waals surface area contributed by atoms with Crippen molar-refractivity contribution in [2.24, 2.45) is 0 Å². The predicted octanol–water partition coefficient (Wildman–Crippen LogP) is 4.33. The Bertz CT molecular complexity index is 442. The summed E-state index contributed by atoms with van der Waals surface area (Å²) in [5, 5.41) is 0. The third kappa shape index (κ3) is 3.00. The molecule has 0 N–H and O–H groups in total. The van der Waals surface area contributed by atoms with Crippen LogP contribution in [0.4, 0.5) is 0 Å². The van der Waals surface area contributed by atoms with E-state index in [1.54, 1.807) is 11.3 Å². The number of Topliss-reactive ketones (excluding diaryl/α,β-unsaturated/α-hetero) is 1. The van der Waals surface area contributed by atoms with E-state index in [9.17, 15) is 4.79 Å². The number of hydrogen-bond acceptors (Lipinski definition) is 3. The van der Waals surface area contributed by atoms with Crippen LogP contribution in [0, 0.1) is 0 Å². The van der Waals surface area contributed by atoms with Crippen molar-refractivity contribution in [3.8, 4) is 0 Å². The largest absolute Gasteiger partial charge is 0.293 e. The van der Waals surface area contributed by atoms with Crippen molar-refractivity contribution >= 4 is 49.0 Å². The molecule has 1 aromatic heterocycles. The maximum absolute atomic E-state index is 12.2. The molecule has 2 rings (SSSR count). The Hall–Kier alpha value is 0.290. The second kappa shape index (κ2) is 5.11. The van der Waals surface area contributed by atoms with Gasteiger partial charge in [0.1, 0.15) is 0 Å². The van der Waals surface area contributed by atoms with Gasteiger partial charge in [0, 0.05) is 11.1 Å². The number of likely N-dealkylation sites (tertiary alicyclic amines) is 1. The van der Waals surface area contributed by atoms with Crippen LogP contribution >= 0.6 is 43.2 Å². The summed E-state index contributed by atoms with van der Waals surface area (Å²) in [5.41, 5.74) is 0.958. The molecule has 1 aromatic rings. The Labute approximate surface area is 123 Å². The molecule has 1 aliphatic heterocycles. The van der Waals surface area contributed by atoms with Crippen LogP contribution in [-0.4, -0.2) is 29.3 Å². The summed E-state index contributed by atoms with van der Waals surface area (Å²) >= 11 is 8.40. The van der Waals surface area contributed by atoms with Crippen LogP contribution < -0.4 is 0 Å². The minimum atomic E-state index is 0.162. The highest BCUT2D eigenvalue weighted by Gasteiger charge is 2.33. The maximum Gasteiger partial charge on any atom is 0.178 e. The van der Waals surface area contributed by atoms with Gasteiger partial charge in [-0.3, -0.25) is 9.69 Å². The molecule has 0 radical (unpaired) electrons. The molecule has 0 unspecified atom stereocenters. The summed E-state index contributed by atoms with van der Waals surface area (Å²) in [5.74, 6) is 0.203. The van der Waals surface area contributed by atoms with Crippen molar-refractivity contribution in [3.63, 3.8) is 0 Å². The molecule has 0 spiro atoms. The number of halogens is 2. The highest BCUT2D eigenvalue weighted by atomic mass is 79.9. The van der Waals surface area contributed by atoms with Crippen LogP contribution in [0.1, 0.15) is 37.0 Å². The number of ketones is 1. The van der Waals surface area contributed by atoms with Gasteiger partial charge in [-0.25, -0.2) is 0 Å². The van der Waals surface area contributed by atoms with Gasteiger partial charge in [-0.2, -0.15) is 0 Å². The standard InChI is InChI=1S/C12H15Br2NOS/c1-12(2)4-3-5-15(12)7-9(16)8-6-10(13)17-11(8)14/h6H,3-5,7H2,1-2H3. The van der Waals surface area contributed by atoms with Crippen LogP contribution in [0.25, 0.3) is 0 Å². The summed E-state index contributed by atoms with van der Waals surface area (Å²) in [6.45, 7) is 5.98. The average Bonchev–Trinajstić information content (AvgIpc) is 2.70. The van der Waals surface area contributed by atoms with Crippen LogP contribution in [0.5, 0.6) is 0 Å². The Kier molecular flexibility index (Phi) is 4.13. The average molecular weight is 381 g/mol. The van der Waals surface area contributed by atoms with E-state index >= 15 is 0 Å². The zero-order valence-electron chi connectivity index (χ0n) is 9.93. The van der Waals surface area contributed by atoms with Crippen molar-refractivity contribution in [2.45, 2.75) is 32.2 Å². The zero-order chi connectivity index (χ0) is 12.6. The van der Waals surface area contributed by atoms with Gasteiger partial charge in [0.25, 0.3) is 0 Å². The van der Waals surface area contributed by atoms with E-state index in [1.807, 2.05) is 6.07 Å². The number of rotatable bonds is 3. The van der Waals surface area contributed by atoms with E-state index in [4.69, 9.17) is 0 Å².